The number of hydrogen-bond donors (Lipinski definition) is 1. The van der Waals surface area contributed by atoms with E-state index < -0.39 is 0 Å². The molecular formula is C11H14ClN3OS. The van der Waals surface area contributed by atoms with Gasteiger partial charge in [0.25, 0.3) is 0 Å². The molecule has 1 fully saturated rings. The van der Waals surface area contributed by atoms with Crippen LogP contribution in [-0.4, -0.2) is 33.8 Å². The zero-order valence-corrected chi connectivity index (χ0v) is 11.1. The van der Waals surface area contributed by atoms with E-state index in [0.717, 1.165) is 6.42 Å². The maximum absolute atomic E-state index is 11.0. The highest BCUT2D eigenvalue weighted by Crippen LogP contribution is 2.31. The molecule has 17 heavy (non-hydrogen) atoms. The van der Waals surface area contributed by atoms with Crippen LogP contribution < -0.4 is 5.32 Å². The van der Waals surface area contributed by atoms with Gasteiger partial charge in [0.15, 0.2) is 6.29 Å². The van der Waals surface area contributed by atoms with Crippen molar-refractivity contribution in [2.24, 2.45) is 0 Å². The van der Waals surface area contributed by atoms with E-state index in [9.17, 15) is 4.79 Å². The fourth-order valence-corrected chi connectivity index (χ4v) is 3.26. The molecule has 0 amide bonds. The molecule has 0 bridgehead atoms. The highest BCUT2D eigenvalue weighted by Gasteiger charge is 2.27. The summed E-state index contributed by atoms with van der Waals surface area (Å²) in [7, 11) is 0. The number of thioether (sulfide) groups is 1. The Hall–Kier alpha value is -0.810. The summed E-state index contributed by atoms with van der Waals surface area (Å²) in [5, 5.41) is 4.09. The third kappa shape index (κ3) is 2.72. The summed E-state index contributed by atoms with van der Waals surface area (Å²) in [5.41, 5.74) is 0.348. The van der Waals surface area contributed by atoms with Crippen molar-refractivity contribution >= 4 is 35.5 Å². The van der Waals surface area contributed by atoms with Gasteiger partial charge in [0.2, 0.25) is 0 Å². The SMILES string of the molecule is CSC1CCCC1Nc1ncnc(Cl)c1C=O. The Morgan fingerprint density at radius 3 is 3.06 bits per heavy atom. The number of rotatable bonds is 4. The maximum atomic E-state index is 11.0. The van der Waals surface area contributed by atoms with E-state index in [0.29, 0.717) is 29.0 Å². The molecule has 0 aromatic carbocycles. The number of aldehydes is 1. The first-order valence-electron chi connectivity index (χ1n) is 5.51. The van der Waals surface area contributed by atoms with E-state index in [1.807, 2.05) is 11.8 Å². The Labute approximate surface area is 110 Å². The molecule has 92 valence electrons. The van der Waals surface area contributed by atoms with E-state index in [-0.39, 0.29) is 5.15 Å². The summed E-state index contributed by atoms with van der Waals surface area (Å²) < 4.78 is 0. The third-order valence-electron chi connectivity index (χ3n) is 3.03. The largest absolute Gasteiger partial charge is 0.365 e. The quantitative estimate of drug-likeness (QED) is 0.674. The van der Waals surface area contributed by atoms with Gasteiger partial charge in [0, 0.05) is 11.3 Å². The van der Waals surface area contributed by atoms with Gasteiger partial charge in [-0.2, -0.15) is 11.8 Å². The van der Waals surface area contributed by atoms with E-state index in [4.69, 9.17) is 11.6 Å². The fourth-order valence-electron chi connectivity index (χ4n) is 2.14. The van der Waals surface area contributed by atoms with Gasteiger partial charge in [-0.3, -0.25) is 4.79 Å². The second-order valence-corrected chi connectivity index (χ2v) is 5.44. The Morgan fingerprint density at radius 2 is 2.35 bits per heavy atom. The van der Waals surface area contributed by atoms with Crippen molar-refractivity contribution in [1.29, 1.82) is 0 Å². The minimum Gasteiger partial charge on any atom is -0.365 e. The number of anilines is 1. The average molecular weight is 272 g/mol. The number of hydrogen-bond acceptors (Lipinski definition) is 5. The van der Waals surface area contributed by atoms with Crippen molar-refractivity contribution in [2.75, 3.05) is 11.6 Å². The summed E-state index contributed by atoms with van der Waals surface area (Å²) in [6, 6.07) is 0.356. The Morgan fingerprint density at radius 1 is 1.53 bits per heavy atom. The standard InChI is InChI=1S/C11H14ClN3OS/c1-17-9-4-2-3-8(9)15-11-7(5-16)10(12)13-6-14-11/h5-6,8-9H,2-4H2,1H3,(H,13,14,15). The minimum atomic E-state index is 0.205. The third-order valence-corrected chi connectivity index (χ3v) is 4.50. The Balaban J connectivity index is 2.18. The lowest BCUT2D eigenvalue weighted by molar-refractivity contribution is 0.112. The van der Waals surface area contributed by atoms with Crippen molar-refractivity contribution in [3.05, 3.63) is 17.0 Å². The molecule has 1 N–H and O–H groups in total. The van der Waals surface area contributed by atoms with E-state index in [1.54, 1.807) is 0 Å². The van der Waals surface area contributed by atoms with Crippen molar-refractivity contribution in [3.8, 4) is 0 Å². The van der Waals surface area contributed by atoms with Gasteiger partial charge < -0.3 is 5.32 Å². The van der Waals surface area contributed by atoms with Gasteiger partial charge in [0.1, 0.15) is 17.3 Å². The monoisotopic (exact) mass is 271 g/mol. The fraction of sp³-hybridized carbons (Fsp3) is 0.545. The summed E-state index contributed by atoms with van der Waals surface area (Å²) in [4.78, 5) is 18.9. The van der Waals surface area contributed by atoms with Crippen LogP contribution in [0.2, 0.25) is 5.15 Å². The zero-order valence-electron chi connectivity index (χ0n) is 9.52. The molecule has 4 nitrogen and oxygen atoms in total. The Kier molecular flexibility index (Phi) is 4.23. The molecule has 1 aliphatic carbocycles. The van der Waals surface area contributed by atoms with Gasteiger partial charge in [-0.1, -0.05) is 18.0 Å². The van der Waals surface area contributed by atoms with Gasteiger partial charge in [-0.15, -0.1) is 0 Å². The van der Waals surface area contributed by atoms with Gasteiger partial charge >= 0.3 is 0 Å². The lowest BCUT2D eigenvalue weighted by Gasteiger charge is -2.20. The molecule has 1 aliphatic rings. The molecule has 0 saturated heterocycles. The minimum absolute atomic E-state index is 0.205. The van der Waals surface area contributed by atoms with Crippen molar-refractivity contribution in [3.63, 3.8) is 0 Å². The summed E-state index contributed by atoms with van der Waals surface area (Å²) in [5.74, 6) is 0.547. The molecule has 0 radical (unpaired) electrons. The first kappa shape index (κ1) is 12.6. The highest BCUT2D eigenvalue weighted by atomic mass is 35.5. The van der Waals surface area contributed by atoms with Crippen LogP contribution >= 0.6 is 23.4 Å². The van der Waals surface area contributed by atoms with Gasteiger partial charge in [-0.25, -0.2) is 9.97 Å². The lowest BCUT2D eigenvalue weighted by atomic mass is 10.2. The van der Waals surface area contributed by atoms with Crippen molar-refractivity contribution in [1.82, 2.24) is 9.97 Å². The number of aromatic nitrogens is 2. The summed E-state index contributed by atoms with van der Waals surface area (Å²) in [6.07, 6.45) is 7.70. The van der Waals surface area contributed by atoms with Crippen LogP contribution in [0.15, 0.2) is 6.33 Å². The predicted molar refractivity (Wildman–Crippen MR) is 71.0 cm³/mol. The molecule has 1 aromatic heterocycles. The first-order chi connectivity index (χ1) is 8.26. The molecule has 0 aliphatic heterocycles. The van der Waals surface area contributed by atoms with Gasteiger partial charge in [-0.05, 0) is 19.1 Å². The van der Waals surface area contributed by atoms with Crippen molar-refractivity contribution in [2.45, 2.75) is 30.6 Å². The molecule has 2 unspecified atom stereocenters. The van der Waals surface area contributed by atoms with Crippen LogP contribution in [0.1, 0.15) is 29.6 Å². The number of nitrogens with zero attached hydrogens (tertiary/aromatic N) is 2. The average Bonchev–Trinajstić information content (AvgIpc) is 2.77. The van der Waals surface area contributed by atoms with Crippen LogP contribution in [-0.2, 0) is 0 Å². The van der Waals surface area contributed by atoms with Crippen LogP contribution in [0.5, 0.6) is 0 Å². The van der Waals surface area contributed by atoms with E-state index in [1.165, 1.54) is 19.2 Å². The van der Waals surface area contributed by atoms with Crippen molar-refractivity contribution < 1.29 is 4.79 Å². The molecular weight excluding hydrogens is 258 g/mol. The summed E-state index contributed by atoms with van der Waals surface area (Å²) in [6.45, 7) is 0. The molecule has 1 heterocycles. The zero-order chi connectivity index (χ0) is 12.3. The second kappa shape index (κ2) is 5.69. The molecule has 2 atom stereocenters. The number of nitrogens with one attached hydrogen (secondary N) is 1. The molecule has 6 heteroatoms. The highest BCUT2D eigenvalue weighted by molar-refractivity contribution is 7.99. The number of halogens is 1. The summed E-state index contributed by atoms with van der Waals surface area (Å²) >= 11 is 7.71. The second-order valence-electron chi connectivity index (χ2n) is 4.00. The number of carbonyl (C=O) groups is 1. The van der Waals surface area contributed by atoms with E-state index >= 15 is 0 Å². The molecule has 1 aromatic rings. The number of carbonyl (C=O) groups excluding carboxylic acids is 1. The normalized spacial score (nSPS) is 23.6. The van der Waals surface area contributed by atoms with Crippen LogP contribution in [0.3, 0.4) is 0 Å². The molecule has 0 spiro atoms. The van der Waals surface area contributed by atoms with Gasteiger partial charge in [0.05, 0.1) is 5.56 Å². The van der Waals surface area contributed by atoms with Crippen LogP contribution in [0.4, 0.5) is 5.82 Å². The smallest absolute Gasteiger partial charge is 0.156 e. The lowest BCUT2D eigenvalue weighted by Crippen LogP contribution is -2.27. The molecule has 2 rings (SSSR count). The topological polar surface area (TPSA) is 54.9 Å². The predicted octanol–water partition coefficient (Wildman–Crippen LogP) is 2.64. The van der Waals surface area contributed by atoms with Crippen LogP contribution in [0, 0.1) is 0 Å². The first-order valence-corrected chi connectivity index (χ1v) is 7.18. The Bertz CT molecular complexity index is 416. The van der Waals surface area contributed by atoms with E-state index in [2.05, 4.69) is 21.5 Å². The maximum Gasteiger partial charge on any atom is 0.156 e. The molecule has 1 saturated carbocycles. The van der Waals surface area contributed by atoms with Crippen LogP contribution in [0.25, 0.3) is 0 Å².